The zero-order valence-corrected chi connectivity index (χ0v) is 16.0. The maximum atomic E-state index is 13.3. The van der Waals surface area contributed by atoms with Crippen LogP contribution in [0.15, 0.2) is 42.5 Å². The van der Waals surface area contributed by atoms with Crippen LogP contribution >= 0.6 is 0 Å². The molecule has 1 aliphatic carbocycles. The number of hydrogen-bond acceptors (Lipinski definition) is 5. The van der Waals surface area contributed by atoms with Crippen LogP contribution in [0.5, 0.6) is 11.5 Å². The van der Waals surface area contributed by atoms with Crippen molar-refractivity contribution in [2.45, 2.75) is 31.1 Å². The van der Waals surface area contributed by atoms with Gasteiger partial charge in [-0.1, -0.05) is 25.0 Å². The van der Waals surface area contributed by atoms with Gasteiger partial charge in [0.05, 0.1) is 19.6 Å². The standard InChI is InChI=1S/C22H23FO5/c1-26-19-10-5-15(13-20(19)27-2)18(24)14-28-21(25)22(11-3-4-12-22)16-6-8-17(23)9-7-16/h5-10,13H,3-4,11-12,14H2,1-2H3. The van der Waals surface area contributed by atoms with Gasteiger partial charge in [-0.15, -0.1) is 0 Å². The number of carbonyl (C=O) groups excluding carboxylic acids is 2. The Morgan fingerprint density at radius 1 is 0.964 bits per heavy atom. The van der Waals surface area contributed by atoms with Crippen LogP contribution in [0.3, 0.4) is 0 Å². The molecule has 0 N–H and O–H groups in total. The van der Waals surface area contributed by atoms with E-state index in [2.05, 4.69) is 0 Å². The SMILES string of the molecule is COc1ccc(C(=O)COC(=O)C2(c3ccc(F)cc3)CCCC2)cc1OC. The van der Waals surface area contributed by atoms with Crippen molar-refractivity contribution in [1.29, 1.82) is 0 Å². The van der Waals surface area contributed by atoms with Crippen LogP contribution in [-0.4, -0.2) is 32.6 Å². The molecule has 5 nitrogen and oxygen atoms in total. The van der Waals surface area contributed by atoms with Crippen molar-refractivity contribution in [1.82, 2.24) is 0 Å². The van der Waals surface area contributed by atoms with E-state index in [1.165, 1.54) is 26.4 Å². The lowest BCUT2D eigenvalue weighted by atomic mass is 9.79. The summed E-state index contributed by atoms with van der Waals surface area (Å²) in [7, 11) is 3.00. The van der Waals surface area contributed by atoms with Crippen LogP contribution in [-0.2, 0) is 14.9 Å². The molecule has 0 heterocycles. The molecule has 0 bridgehead atoms. The smallest absolute Gasteiger partial charge is 0.317 e. The summed E-state index contributed by atoms with van der Waals surface area (Å²) in [5, 5.41) is 0. The van der Waals surface area contributed by atoms with Crippen LogP contribution in [0.2, 0.25) is 0 Å². The topological polar surface area (TPSA) is 61.8 Å². The van der Waals surface area contributed by atoms with Gasteiger partial charge in [-0.3, -0.25) is 9.59 Å². The largest absolute Gasteiger partial charge is 0.493 e. The molecule has 2 aromatic carbocycles. The van der Waals surface area contributed by atoms with Gasteiger partial charge in [0.15, 0.2) is 23.9 Å². The predicted molar refractivity (Wildman–Crippen MR) is 101 cm³/mol. The molecule has 0 saturated heterocycles. The van der Waals surface area contributed by atoms with E-state index >= 15 is 0 Å². The first kappa shape index (κ1) is 19.9. The second-order valence-electron chi connectivity index (χ2n) is 6.87. The highest BCUT2D eigenvalue weighted by molar-refractivity contribution is 5.99. The molecule has 2 aromatic rings. The van der Waals surface area contributed by atoms with Crippen molar-refractivity contribution in [2.24, 2.45) is 0 Å². The van der Waals surface area contributed by atoms with E-state index in [1.54, 1.807) is 30.3 Å². The van der Waals surface area contributed by atoms with Crippen molar-refractivity contribution in [3.8, 4) is 11.5 Å². The summed E-state index contributed by atoms with van der Waals surface area (Å²) in [6, 6.07) is 10.7. The number of benzene rings is 2. The first-order chi connectivity index (χ1) is 13.5. The Labute approximate surface area is 163 Å². The molecule has 1 aliphatic rings. The van der Waals surface area contributed by atoms with Crippen molar-refractivity contribution < 1.29 is 28.2 Å². The zero-order valence-electron chi connectivity index (χ0n) is 16.0. The lowest BCUT2D eigenvalue weighted by Crippen LogP contribution is -2.35. The summed E-state index contributed by atoms with van der Waals surface area (Å²) < 4.78 is 29.0. The summed E-state index contributed by atoms with van der Waals surface area (Å²) >= 11 is 0. The van der Waals surface area contributed by atoms with Crippen molar-refractivity contribution in [3.63, 3.8) is 0 Å². The second kappa shape index (κ2) is 8.42. The van der Waals surface area contributed by atoms with Gasteiger partial charge in [-0.05, 0) is 48.7 Å². The first-order valence-corrected chi connectivity index (χ1v) is 9.18. The molecule has 3 rings (SSSR count). The summed E-state index contributed by atoms with van der Waals surface area (Å²) in [5.74, 6) is -0.184. The highest BCUT2D eigenvalue weighted by Gasteiger charge is 2.44. The van der Waals surface area contributed by atoms with Crippen LogP contribution in [0.1, 0.15) is 41.6 Å². The molecule has 0 atom stereocenters. The molecule has 28 heavy (non-hydrogen) atoms. The lowest BCUT2D eigenvalue weighted by Gasteiger charge is -2.27. The molecule has 148 valence electrons. The number of Topliss-reactive ketones (excluding diaryl/α,β-unsaturated/α-hetero) is 1. The van der Waals surface area contributed by atoms with E-state index in [0.717, 1.165) is 18.4 Å². The molecule has 0 radical (unpaired) electrons. The number of hydrogen-bond donors (Lipinski definition) is 0. The molecule has 1 saturated carbocycles. The second-order valence-corrected chi connectivity index (χ2v) is 6.87. The number of halogens is 1. The third-order valence-electron chi connectivity index (χ3n) is 5.28. The Bertz CT molecular complexity index is 854. The Kier molecular flexibility index (Phi) is 5.97. The zero-order chi connectivity index (χ0) is 20.1. The molecule has 0 aliphatic heterocycles. The van der Waals surface area contributed by atoms with E-state index in [0.29, 0.717) is 29.9 Å². The fraction of sp³-hybridized carbons (Fsp3) is 0.364. The summed E-state index contributed by atoms with van der Waals surface area (Å²) in [4.78, 5) is 25.4. The van der Waals surface area contributed by atoms with Gasteiger partial charge >= 0.3 is 5.97 Å². The van der Waals surface area contributed by atoms with Crippen LogP contribution < -0.4 is 9.47 Å². The Balaban J connectivity index is 1.73. The maximum Gasteiger partial charge on any atom is 0.317 e. The number of esters is 1. The number of carbonyl (C=O) groups is 2. The van der Waals surface area contributed by atoms with Crippen LogP contribution in [0, 0.1) is 5.82 Å². The fourth-order valence-corrected chi connectivity index (χ4v) is 3.72. The van der Waals surface area contributed by atoms with E-state index in [-0.39, 0.29) is 18.2 Å². The monoisotopic (exact) mass is 386 g/mol. The minimum atomic E-state index is -0.814. The molecule has 0 spiro atoms. The van der Waals surface area contributed by atoms with Gasteiger partial charge in [-0.25, -0.2) is 4.39 Å². The molecular weight excluding hydrogens is 363 g/mol. The summed E-state index contributed by atoms with van der Waals surface area (Å²) in [6.45, 7) is -0.364. The fourth-order valence-electron chi connectivity index (χ4n) is 3.72. The van der Waals surface area contributed by atoms with E-state index in [1.807, 2.05) is 0 Å². The molecule has 1 fully saturated rings. The molecule has 0 aromatic heterocycles. The van der Waals surface area contributed by atoms with E-state index in [9.17, 15) is 14.0 Å². The number of methoxy groups -OCH3 is 2. The Hall–Kier alpha value is -2.89. The quantitative estimate of drug-likeness (QED) is 0.530. The normalized spacial score (nSPS) is 15.1. The van der Waals surface area contributed by atoms with Gasteiger partial charge in [0.25, 0.3) is 0 Å². The van der Waals surface area contributed by atoms with Gasteiger partial charge in [0.2, 0.25) is 0 Å². The highest BCUT2D eigenvalue weighted by atomic mass is 19.1. The van der Waals surface area contributed by atoms with Gasteiger partial charge < -0.3 is 14.2 Å². The number of ether oxygens (including phenoxy) is 3. The third-order valence-corrected chi connectivity index (χ3v) is 5.28. The van der Waals surface area contributed by atoms with E-state index < -0.39 is 11.4 Å². The molecule has 0 amide bonds. The van der Waals surface area contributed by atoms with Gasteiger partial charge in [0, 0.05) is 5.56 Å². The maximum absolute atomic E-state index is 13.3. The van der Waals surface area contributed by atoms with Gasteiger partial charge in [0.1, 0.15) is 5.82 Å². The Morgan fingerprint density at radius 3 is 2.21 bits per heavy atom. The van der Waals surface area contributed by atoms with Crippen molar-refractivity contribution in [3.05, 3.63) is 59.4 Å². The highest BCUT2D eigenvalue weighted by Crippen LogP contribution is 2.42. The molecule has 0 unspecified atom stereocenters. The Morgan fingerprint density at radius 2 is 1.61 bits per heavy atom. The third kappa shape index (κ3) is 3.86. The minimum Gasteiger partial charge on any atom is -0.493 e. The van der Waals surface area contributed by atoms with E-state index in [4.69, 9.17) is 14.2 Å². The average molecular weight is 386 g/mol. The van der Waals surface area contributed by atoms with Crippen LogP contribution in [0.25, 0.3) is 0 Å². The van der Waals surface area contributed by atoms with Crippen molar-refractivity contribution in [2.75, 3.05) is 20.8 Å². The first-order valence-electron chi connectivity index (χ1n) is 9.18. The molecular formula is C22H23FO5. The minimum absolute atomic E-state index is 0.332. The average Bonchev–Trinajstić information content (AvgIpc) is 3.22. The lowest BCUT2D eigenvalue weighted by molar-refractivity contribution is -0.149. The molecule has 6 heteroatoms. The number of ketones is 1. The predicted octanol–water partition coefficient (Wildman–Crippen LogP) is 4.08. The number of rotatable bonds is 7. The van der Waals surface area contributed by atoms with Gasteiger partial charge in [-0.2, -0.15) is 0 Å². The van der Waals surface area contributed by atoms with Crippen LogP contribution in [0.4, 0.5) is 4.39 Å². The summed E-state index contributed by atoms with van der Waals surface area (Å²) in [6.07, 6.45) is 3.02. The van der Waals surface area contributed by atoms with Crippen molar-refractivity contribution >= 4 is 11.8 Å². The summed E-state index contributed by atoms with van der Waals surface area (Å²) in [5.41, 5.74) is 0.286.